The van der Waals surface area contributed by atoms with Gasteiger partial charge in [-0.25, -0.2) is 0 Å². The summed E-state index contributed by atoms with van der Waals surface area (Å²) in [6.07, 6.45) is 1.91. The maximum atomic E-state index is 13.7. The van der Waals surface area contributed by atoms with Crippen LogP contribution in [-0.2, 0) is 22.1 Å². The lowest BCUT2D eigenvalue weighted by molar-refractivity contribution is -0.132. The average Bonchev–Trinajstić information content (AvgIpc) is 3.37. The molecule has 5 rings (SSSR count). The van der Waals surface area contributed by atoms with Crippen LogP contribution in [0.4, 0.5) is 5.69 Å². The summed E-state index contributed by atoms with van der Waals surface area (Å²) in [5.41, 5.74) is 3.29. The van der Waals surface area contributed by atoms with Crippen molar-refractivity contribution in [3.63, 3.8) is 0 Å². The van der Waals surface area contributed by atoms with E-state index in [0.29, 0.717) is 28.6 Å². The van der Waals surface area contributed by atoms with Crippen molar-refractivity contribution in [3.05, 3.63) is 100 Å². The monoisotopic (exact) mass is 542 g/mol. The van der Waals surface area contributed by atoms with Gasteiger partial charge in [-0.2, -0.15) is 0 Å². The van der Waals surface area contributed by atoms with Gasteiger partial charge in [0.1, 0.15) is 11.5 Å². The molecule has 1 aliphatic heterocycles. The zero-order valence-corrected chi connectivity index (χ0v) is 23.4. The highest BCUT2D eigenvalue weighted by atomic mass is 35.5. The predicted octanol–water partition coefficient (Wildman–Crippen LogP) is 7.15. The number of aliphatic hydroxyl groups is 1. The van der Waals surface area contributed by atoms with Gasteiger partial charge in [0, 0.05) is 51.5 Å². The Morgan fingerprint density at radius 3 is 2.38 bits per heavy atom. The van der Waals surface area contributed by atoms with Crippen molar-refractivity contribution >= 4 is 45.6 Å². The SMILES string of the molecule is CCOc1ccc(/C(O)=C2\C(=O)C(=O)N(c3ccc(Cl)cc3)C2c2cn(C)c3ccccc23)cc1C(C)(C)C. The fourth-order valence-electron chi connectivity index (χ4n) is 5.29. The number of nitrogens with zero attached hydrogens (tertiary/aromatic N) is 2. The summed E-state index contributed by atoms with van der Waals surface area (Å²) in [6, 6.07) is 19.1. The third-order valence-corrected chi connectivity index (χ3v) is 7.38. The maximum absolute atomic E-state index is 13.7. The third kappa shape index (κ3) is 4.59. The Morgan fingerprint density at radius 2 is 1.72 bits per heavy atom. The molecule has 3 aromatic carbocycles. The second kappa shape index (κ2) is 9.93. The van der Waals surface area contributed by atoms with Crippen LogP contribution in [-0.4, -0.2) is 28.0 Å². The molecule has 1 aliphatic rings. The number of Topliss-reactive ketones (excluding diaryl/α,β-unsaturated/α-hetero) is 1. The van der Waals surface area contributed by atoms with Crippen molar-refractivity contribution in [2.45, 2.75) is 39.2 Å². The Hall–Kier alpha value is -4.03. The highest BCUT2D eigenvalue weighted by Gasteiger charge is 2.48. The van der Waals surface area contributed by atoms with E-state index in [1.54, 1.807) is 36.4 Å². The molecule has 39 heavy (non-hydrogen) atoms. The molecule has 6 nitrogen and oxygen atoms in total. The van der Waals surface area contributed by atoms with Gasteiger partial charge in [-0.05, 0) is 60.9 Å². The number of halogens is 1. The number of hydrogen-bond acceptors (Lipinski definition) is 4. The first-order valence-corrected chi connectivity index (χ1v) is 13.3. The molecule has 1 fully saturated rings. The van der Waals surface area contributed by atoms with Gasteiger partial charge in [0.2, 0.25) is 0 Å². The van der Waals surface area contributed by atoms with Gasteiger partial charge >= 0.3 is 0 Å². The molecule has 1 saturated heterocycles. The number of anilines is 1. The lowest BCUT2D eigenvalue weighted by Crippen LogP contribution is -2.29. The van der Waals surface area contributed by atoms with Gasteiger partial charge in [0.05, 0.1) is 18.2 Å². The summed E-state index contributed by atoms with van der Waals surface area (Å²) in [7, 11) is 1.92. The van der Waals surface area contributed by atoms with Crippen molar-refractivity contribution in [2.75, 3.05) is 11.5 Å². The number of aliphatic hydroxyl groups excluding tert-OH is 1. The number of aryl methyl sites for hydroxylation is 1. The Bertz CT molecular complexity index is 1630. The van der Waals surface area contributed by atoms with E-state index in [4.69, 9.17) is 16.3 Å². The quantitative estimate of drug-likeness (QED) is 0.165. The average molecular weight is 543 g/mol. The van der Waals surface area contributed by atoms with Crippen LogP contribution in [0.15, 0.2) is 78.5 Å². The Morgan fingerprint density at radius 1 is 1.03 bits per heavy atom. The van der Waals surface area contributed by atoms with Gasteiger partial charge in [0.25, 0.3) is 11.7 Å². The number of carbonyl (C=O) groups excluding carboxylic acids is 2. The van der Waals surface area contributed by atoms with Crippen LogP contribution < -0.4 is 9.64 Å². The van der Waals surface area contributed by atoms with Gasteiger partial charge < -0.3 is 14.4 Å². The standard InChI is InChI=1S/C32H31ClN2O4/c1-6-39-26-16-11-19(17-24(26)32(2,3)4)29(36)27-28(23-18-34(5)25-10-8-7-9-22(23)25)35(31(38)30(27)37)21-14-12-20(33)13-15-21/h7-18,28,36H,6H2,1-5H3/b29-27+. The number of hydrogen-bond donors (Lipinski definition) is 1. The predicted molar refractivity (Wildman–Crippen MR) is 155 cm³/mol. The van der Waals surface area contributed by atoms with Gasteiger partial charge in [-0.15, -0.1) is 0 Å². The van der Waals surface area contributed by atoms with Crippen molar-refractivity contribution < 1.29 is 19.4 Å². The van der Waals surface area contributed by atoms with Crippen LogP contribution in [0, 0.1) is 0 Å². The first kappa shape index (κ1) is 26.6. The summed E-state index contributed by atoms with van der Waals surface area (Å²) in [5, 5.41) is 13.2. The molecule has 2 heterocycles. The second-order valence-corrected chi connectivity index (χ2v) is 11.2. The van der Waals surface area contributed by atoms with Crippen molar-refractivity contribution in [2.24, 2.45) is 7.05 Å². The molecule has 0 saturated carbocycles. The molecule has 4 aromatic rings. The van der Waals surface area contributed by atoms with Gasteiger partial charge in [0.15, 0.2) is 0 Å². The minimum atomic E-state index is -0.845. The summed E-state index contributed by atoms with van der Waals surface area (Å²) < 4.78 is 7.81. The summed E-state index contributed by atoms with van der Waals surface area (Å²) >= 11 is 6.13. The zero-order valence-electron chi connectivity index (χ0n) is 22.7. The second-order valence-electron chi connectivity index (χ2n) is 10.8. The Kier molecular flexibility index (Phi) is 6.77. The van der Waals surface area contributed by atoms with Crippen LogP contribution in [0.1, 0.15) is 50.4 Å². The summed E-state index contributed by atoms with van der Waals surface area (Å²) in [4.78, 5) is 28.7. The molecule has 0 radical (unpaired) electrons. The summed E-state index contributed by atoms with van der Waals surface area (Å²) in [5.74, 6) is -0.963. The first-order valence-electron chi connectivity index (χ1n) is 12.9. The maximum Gasteiger partial charge on any atom is 0.300 e. The molecule has 1 N–H and O–H groups in total. The molecule has 200 valence electrons. The van der Waals surface area contributed by atoms with E-state index < -0.39 is 17.7 Å². The number of ether oxygens (including phenoxy) is 1. The lowest BCUT2D eigenvalue weighted by Gasteiger charge is -2.26. The fraction of sp³-hybridized carbons (Fsp3) is 0.250. The van der Waals surface area contributed by atoms with E-state index in [0.717, 1.165) is 22.0 Å². The molecular formula is C32H31ClN2O4. The molecule has 1 aromatic heterocycles. The van der Waals surface area contributed by atoms with E-state index in [1.165, 1.54) is 4.90 Å². The highest BCUT2D eigenvalue weighted by molar-refractivity contribution is 6.52. The number of amides is 1. The summed E-state index contributed by atoms with van der Waals surface area (Å²) in [6.45, 7) is 8.60. The van der Waals surface area contributed by atoms with Gasteiger partial charge in [-0.1, -0.05) is 50.6 Å². The van der Waals surface area contributed by atoms with E-state index >= 15 is 0 Å². The largest absolute Gasteiger partial charge is 0.507 e. The molecular weight excluding hydrogens is 512 g/mol. The van der Waals surface area contributed by atoms with Crippen LogP contribution in [0.25, 0.3) is 16.7 Å². The molecule has 1 atom stereocenters. The minimum Gasteiger partial charge on any atom is -0.507 e. The normalized spacial score (nSPS) is 17.3. The van der Waals surface area contributed by atoms with E-state index in [1.807, 2.05) is 55.1 Å². The Balaban J connectivity index is 1.78. The minimum absolute atomic E-state index is 0.0373. The first-order chi connectivity index (χ1) is 18.5. The van der Waals surface area contributed by atoms with E-state index in [2.05, 4.69) is 20.8 Å². The Labute approximate surface area is 233 Å². The fourth-order valence-corrected chi connectivity index (χ4v) is 5.41. The highest BCUT2D eigenvalue weighted by Crippen LogP contribution is 2.45. The molecule has 1 unspecified atom stereocenters. The molecule has 0 bridgehead atoms. The molecule has 7 heteroatoms. The van der Waals surface area contributed by atoms with Crippen LogP contribution in [0.3, 0.4) is 0 Å². The number of rotatable bonds is 5. The topological polar surface area (TPSA) is 71.8 Å². The number of ketones is 1. The molecule has 1 amide bonds. The smallest absolute Gasteiger partial charge is 0.300 e. The van der Waals surface area contributed by atoms with E-state index in [-0.39, 0.29) is 16.7 Å². The van der Waals surface area contributed by atoms with Crippen molar-refractivity contribution in [1.29, 1.82) is 0 Å². The number of fused-ring (bicyclic) bond motifs is 1. The van der Waals surface area contributed by atoms with Crippen molar-refractivity contribution in [3.8, 4) is 5.75 Å². The number of aromatic nitrogens is 1. The van der Waals surface area contributed by atoms with Gasteiger partial charge in [-0.3, -0.25) is 14.5 Å². The third-order valence-electron chi connectivity index (χ3n) is 7.13. The van der Waals surface area contributed by atoms with E-state index in [9.17, 15) is 14.7 Å². The number of carbonyl (C=O) groups is 2. The van der Waals surface area contributed by atoms with Crippen LogP contribution in [0.2, 0.25) is 5.02 Å². The van der Waals surface area contributed by atoms with Crippen LogP contribution >= 0.6 is 11.6 Å². The molecule has 0 spiro atoms. The van der Waals surface area contributed by atoms with Crippen molar-refractivity contribution in [1.82, 2.24) is 4.57 Å². The molecule has 0 aliphatic carbocycles. The lowest BCUT2D eigenvalue weighted by atomic mass is 9.84. The zero-order chi connectivity index (χ0) is 28.1. The number of benzene rings is 3. The van der Waals surface area contributed by atoms with Crippen LogP contribution in [0.5, 0.6) is 5.75 Å². The number of para-hydroxylation sites is 1.